The van der Waals surface area contributed by atoms with Crippen LogP contribution in [0.25, 0.3) is 0 Å². The van der Waals surface area contributed by atoms with Crippen molar-refractivity contribution >= 4 is 28.7 Å². The lowest BCUT2D eigenvalue weighted by atomic mass is 10.1. The first-order valence-electron chi connectivity index (χ1n) is 9.16. The van der Waals surface area contributed by atoms with Crippen LogP contribution in [-0.2, 0) is 22.6 Å². The van der Waals surface area contributed by atoms with Crippen molar-refractivity contribution in [2.45, 2.75) is 37.7 Å². The summed E-state index contributed by atoms with van der Waals surface area (Å²) in [6, 6.07) is 6.77. The molecule has 1 saturated heterocycles. The van der Waals surface area contributed by atoms with E-state index >= 15 is 0 Å². The number of aromatic hydroxyl groups is 2. The van der Waals surface area contributed by atoms with Crippen molar-refractivity contribution < 1.29 is 29.5 Å². The molecule has 0 saturated carbocycles. The molecule has 0 bridgehead atoms. The number of hydrogen-bond donors (Lipinski definition) is 3. The minimum absolute atomic E-state index is 0.0525. The van der Waals surface area contributed by atoms with Crippen LogP contribution in [-0.4, -0.2) is 54.1 Å². The Morgan fingerprint density at radius 3 is 2.60 bits per heavy atom. The molecule has 10 nitrogen and oxygen atoms in total. The summed E-state index contributed by atoms with van der Waals surface area (Å²) in [5, 5.41) is 30.0. The number of nitrogens with one attached hydrogen (secondary N) is 1. The largest absolute Gasteiger partial charge is 0.495 e. The predicted molar refractivity (Wildman–Crippen MR) is 108 cm³/mol. The quantitative estimate of drug-likeness (QED) is 0.464. The van der Waals surface area contributed by atoms with Crippen molar-refractivity contribution in [3.05, 3.63) is 51.6 Å². The first-order valence-corrected chi connectivity index (χ1v) is 10.0. The lowest BCUT2D eigenvalue weighted by Crippen LogP contribution is -2.37. The van der Waals surface area contributed by atoms with Crippen LogP contribution in [0.5, 0.6) is 11.8 Å². The third kappa shape index (κ3) is 5.23. The molecule has 1 aromatic heterocycles. The van der Waals surface area contributed by atoms with Crippen molar-refractivity contribution in [2.75, 3.05) is 6.54 Å². The highest BCUT2D eigenvalue weighted by atomic mass is 32.2. The Kier molecular flexibility index (Phi) is 6.50. The molecular weight excluding hydrogens is 414 g/mol. The number of aromatic amines is 1. The van der Waals surface area contributed by atoms with Crippen LogP contribution >= 0.6 is 11.8 Å². The van der Waals surface area contributed by atoms with E-state index in [4.69, 9.17) is 4.74 Å². The number of aromatic nitrogens is 1. The molecule has 0 unspecified atom stereocenters. The molecule has 2 aromatic rings. The number of rotatable bonds is 6. The fourth-order valence-corrected chi connectivity index (χ4v) is 4.46. The molecule has 1 amide bonds. The van der Waals surface area contributed by atoms with Gasteiger partial charge in [-0.3, -0.25) is 19.9 Å². The number of non-ortho nitro benzene ring substituents is 1. The molecule has 1 aliphatic heterocycles. The average Bonchev–Trinajstić information content (AvgIpc) is 3.21. The summed E-state index contributed by atoms with van der Waals surface area (Å²) in [5.41, 5.74) is 1.01. The maximum absolute atomic E-state index is 12.7. The summed E-state index contributed by atoms with van der Waals surface area (Å²) in [4.78, 5) is 38.3. The SMILES string of the molecule is CC(=O)S[C@H]1C[C@@H](Cc2cc(O)[nH]c2O)N(C(=O)OCc2ccc([N+](=O)[O-])cc2)C1. The van der Waals surface area contributed by atoms with Gasteiger partial charge in [-0.05, 0) is 30.5 Å². The highest BCUT2D eigenvalue weighted by molar-refractivity contribution is 8.14. The van der Waals surface area contributed by atoms with E-state index in [1.54, 1.807) is 0 Å². The molecule has 2 heterocycles. The molecule has 0 radical (unpaired) electrons. The van der Waals surface area contributed by atoms with E-state index in [9.17, 15) is 29.9 Å². The number of ether oxygens (including phenoxy) is 1. The van der Waals surface area contributed by atoms with Gasteiger partial charge in [0.15, 0.2) is 16.9 Å². The van der Waals surface area contributed by atoms with Crippen LogP contribution < -0.4 is 0 Å². The normalized spacial score (nSPS) is 18.4. The Labute approximate surface area is 176 Å². The number of thioether (sulfide) groups is 1. The zero-order chi connectivity index (χ0) is 21.8. The molecule has 1 aromatic carbocycles. The van der Waals surface area contributed by atoms with Gasteiger partial charge in [0.2, 0.25) is 0 Å². The Bertz CT molecular complexity index is 944. The van der Waals surface area contributed by atoms with Crippen LogP contribution in [0.15, 0.2) is 30.3 Å². The lowest BCUT2D eigenvalue weighted by Gasteiger charge is -2.23. The molecule has 3 rings (SSSR count). The van der Waals surface area contributed by atoms with Gasteiger partial charge in [0.1, 0.15) is 6.61 Å². The van der Waals surface area contributed by atoms with Gasteiger partial charge in [-0.15, -0.1) is 0 Å². The molecule has 2 atom stereocenters. The van der Waals surface area contributed by atoms with Crippen LogP contribution in [0.2, 0.25) is 0 Å². The topological polar surface area (TPSA) is 146 Å². The number of carbonyl (C=O) groups is 2. The van der Waals surface area contributed by atoms with Crippen LogP contribution in [0.3, 0.4) is 0 Å². The second-order valence-corrected chi connectivity index (χ2v) is 8.46. The van der Waals surface area contributed by atoms with Gasteiger partial charge < -0.3 is 19.8 Å². The molecule has 0 aliphatic carbocycles. The van der Waals surface area contributed by atoms with Gasteiger partial charge in [0.25, 0.3) is 5.69 Å². The number of benzene rings is 1. The number of likely N-dealkylation sites (tertiary alicyclic amines) is 1. The highest BCUT2D eigenvalue weighted by Crippen LogP contribution is 2.33. The van der Waals surface area contributed by atoms with Crippen LogP contribution in [0.4, 0.5) is 10.5 Å². The minimum Gasteiger partial charge on any atom is -0.495 e. The number of nitrogens with zero attached hydrogens (tertiary/aromatic N) is 2. The number of carbonyl (C=O) groups excluding carboxylic acids is 2. The van der Waals surface area contributed by atoms with Crippen molar-refractivity contribution in [2.24, 2.45) is 0 Å². The average molecular weight is 435 g/mol. The third-order valence-corrected chi connectivity index (χ3v) is 5.78. The predicted octanol–water partition coefficient (Wildman–Crippen LogP) is 2.94. The van der Waals surface area contributed by atoms with E-state index < -0.39 is 11.0 Å². The van der Waals surface area contributed by atoms with Crippen molar-refractivity contribution in [3.8, 4) is 11.8 Å². The van der Waals surface area contributed by atoms with E-state index in [-0.39, 0.29) is 46.9 Å². The second kappa shape index (κ2) is 9.08. The molecular formula is C19H21N3O7S. The third-order valence-electron chi connectivity index (χ3n) is 4.77. The van der Waals surface area contributed by atoms with Gasteiger partial charge in [-0.2, -0.15) is 0 Å². The number of nitro groups is 1. The summed E-state index contributed by atoms with van der Waals surface area (Å²) < 4.78 is 5.37. The zero-order valence-corrected chi connectivity index (χ0v) is 16.9. The maximum Gasteiger partial charge on any atom is 0.410 e. The number of hydrogen-bond acceptors (Lipinski definition) is 8. The number of amides is 1. The molecule has 30 heavy (non-hydrogen) atoms. The van der Waals surface area contributed by atoms with E-state index in [1.807, 2.05) is 0 Å². The van der Waals surface area contributed by atoms with E-state index in [0.717, 1.165) is 11.8 Å². The van der Waals surface area contributed by atoms with Gasteiger partial charge >= 0.3 is 6.09 Å². The Morgan fingerprint density at radius 2 is 2.03 bits per heavy atom. The van der Waals surface area contributed by atoms with Gasteiger partial charge in [0, 0.05) is 48.5 Å². The lowest BCUT2D eigenvalue weighted by molar-refractivity contribution is -0.384. The Hall–Kier alpha value is -3.21. The molecule has 1 fully saturated rings. The van der Waals surface area contributed by atoms with Crippen molar-refractivity contribution in [3.63, 3.8) is 0 Å². The monoisotopic (exact) mass is 435 g/mol. The maximum atomic E-state index is 12.7. The summed E-state index contributed by atoms with van der Waals surface area (Å²) in [6.07, 6.45) is 0.233. The van der Waals surface area contributed by atoms with Crippen molar-refractivity contribution in [1.29, 1.82) is 0 Å². The Morgan fingerprint density at radius 1 is 1.33 bits per heavy atom. The highest BCUT2D eigenvalue weighted by Gasteiger charge is 2.37. The molecule has 160 valence electrons. The summed E-state index contributed by atoms with van der Waals surface area (Å²) in [7, 11) is 0. The summed E-state index contributed by atoms with van der Waals surface area (Å²) in [5.74, 6) is -0.350. The first kappa shape index (κ1) is 21.5. The fourth-order valence-electron chi connectivity index (χ4n) is 3.43. The van der Waals surface area contributed by atoms with E-state index in [0.29, 0.717) is 24.1 Å². The molecule has 3 N–H and O–H groups in total. The summed E-state index contributed by atoms with van der Waals surface area (Å²) in [6.45, 7) is 1.72. The van der Waals surface area contributed by atoms with Gasteiger partial charge in [-0.25, -0.2) is 4.79 Å². The van der Waals surface area contributed by atoms with Gasteiger partial charge in [-0.1, -0.05) is 11.8 Å². The van der Waals surface area contributed by atoms with Gasteiger partial charge in [0.05, 0.1) is 4.92 Å². The van der Waals surface area contributed by atoms with Crippen LogP contribution in [0, 0.1) is 10.1 Å². The standard InChI is InChI=1S/C19H21N3O7S/c1-11(23)30-16-8-15(6-13-7-17(24)20-18(13)25)21(9-16)19(26)29-10-12-2-4-14(5-3-12)22(27)28/h2-5,7,15-16,20,24-25H,6,8-10H2,1H3/t15-,16+/m1/s1. The van der Waals surface area contributed by atoms with Crippen molar-refractivity contribution in [1.82, 2.24) is 9.88 Å². The first-order chi connectivity index (χ1) is 14.2. The van der Waals surface area contributed by atoms with Crippen LogP contribution in [0.1, 0.15) is 24.5 Å². The zero-order valence-electron chi connectivity index (χ0n) is 16.1. The summed E-state index contributed by atoms with van der Waals surface area (Å²) >= 11 is 1.15. The number of H-pyrrole nitrogens is 1. The molecule has 11 heteroatoms. The molecule has 0 spiro atoms. The van der Waals surface area contributed by atoms with E-state index in [1.165, 1.54) is 42.2 Å². The Balaban J connectivity index is 1.67. The smallest absolute Gasteiger partial charge is 0.410 e. The fraction of sp³-hybridized carbons (Fsp3) is 0.368. The number of nitro benzene ring substituents is 1. The second-order valence-electron chi connectivity index (χ2n) is 6.98. The minimum atomic E-state index is -0.579. The van der Waals surface area contributed by atoms with E-state index in [2.05, 4.69) is 4.98 Å². The molecule has 1 aliphatic rings.